The van der Waals surface area contributed by atoms with E-state index in [1.165, 1.54) is 0 Å². The molecule has 0 radical (unpaired) electrons. The second-order valence-corrected chi connectivity index (χ2v) is 4.76. The molecule has 1 aromatic rings. The van der Waals surface area contributed by atoms with Gasteiger partial charge in [-0.1, -0.05) is 31.5 Å². The van der Waals surface area contributed by atoms with Crippen molar-refractivity contribution in [3.05, 3.63) is 34.3 Å². The smallest absolute Gasteiger partial charge is 0.252 e. The molecule has 0 aliphatic carbocycles. The van der Waals surface area contributed by atoms with Gasteiger partial charge in [0.25, 0.3) is 5.91 Å². The van der Waals surface area contributed by atoms with Gasteiger partial charge in [0, 0.05) is 19.1 Å². The zero-order chi connectivity index (χ0) is 12.8. The van der Waals surface area contributed by atoms with Crippen LogP contribution in [0.3, 0.4) is 0 Å². The Morgan fingerprint density at radius 1 is 1.35 bits per heavy atom. The van der Waals surface area contributed by atoms with Gasteiger partial charge in [0.2, 0.25) is 0 Å². The van der Waals surface area contributed by atoms with Gasteiger partial charge in [-0.15, -0.1) is 0 Å². The predicted molar refractivity (Wildman–Crippen MR) is 71.7 cm³/mol. The third-order valence-electron chi connectivity index (χ3n) is 2.33. The zero-order valence-electron chi connectivity index (χ0n) is 10.5. The molecule has 0 aromatic heterocycles. The average molecular weight is 255 g/mol. The lowest BCUT2D eigenvalue weighted by Gasteiger charge is -2.10. The van der Waals surface area contributed by atoms with Crippen molar-refractivity contribution in [1.82, 2.24) is 10.6 Å². The summed E-state index contributed by atoms with van der Waals surface area (Å²) in [6.07, 6.45) is 0. The molecule has 94 valence electrons. The molecular weight excluding hydrogens is 236 g/mol. The quantitative estimate of drug-likeness (QED) is 0.793. The third-order valence-corrected chi connectivity index (χ3v) is 2.65. The van der Waals surface area contributed by atoms with Gasteiger partial charge in [0.15, 0.2) is 0 Å². The van der Waals surface area contributed by atoms with E-state index in [-0.39, 0.29) is 5.91 Å². The van der Waals surface area contributed by atoms with Crippen LogP contribution in [0.4, 0.5) is 0 Å². The fourth-order valence-electron chi connectivity index (χ4n) is 1.44. The maximum atomic E-state index is 11.8. The standard InChI is InChI=1S/C13H19ClN2O/c1-9(2)15-6-7-16-13(17)11-5-4-10(3)8-12(11)14/h4-5,8-9,15H,6-7H2,1-3H3,(H,16,17). The van der Waals surface area contributed by atoms with Crippen LogP contribution < -0.4 is 10.6 Å². The molecule has 4 heteroatoms. The lowest BCUT2D eigenvalue weighted by Crippen LogP contribution is -2.34. The predicted octanol–water partition coefficient (Wildman–Crippen LogP) is 2.38. The van der Waals surface area contributed by atoms with E-state index >= 15 is 0 Å². The van der Waals surface area contributed by atoms with Crippen molar-refractivity contribution in [2.45, 2.75) is 26.8 Å². The number of hydrogen-bond donors (Lipinski definition) is 2. The molecule has 1 rings (SSSR count). The van der Waals surface area contributed by atoms with E-state index in [1.54, 1.807) is 12.1 Å². The van der Waals surface area contributed by atoms with E-state index in [9.17, 15) is 4.79 Å². The molecule has 0 spiro atoms. The summed E-state index contributed by atoms with van der Waals surface area (Å²) in [6, 6.07) is 5.86. The van der Waals surface area contributed by atoms with E-state index in [1.807, 2.05) is 13.0 Å². The normalized spacial score (nSPS) is 10.6. The molecule has 17 heavy (non-hydrogen) atoms. The monoisotopic (exact) mass is 254 g/mol. The highest BCUT2D eigenvalue weighted by Gasteiger charge is 2.09. The molecule has 2 N–H and O–H groups in total. The van der Waals surface area contributed by atoms with Crippen LogP contribution in [0.1, 0.15) is 29.8 Å². The van der Waals surface area contributed by atoms with Gasteiger partial charge >= 0.3 is 0 Å². The van der Waals surface area contributed by atoms with Crippen LogP contribution in [0, 0.1) is 6.92 Å². The number of amides is 1. The maximum absolute atomic E-state index is 11.8. The SMILES string of the molecule is Cc1ccc(C(=O)NCCNC(C)C)c(Cl)c1. The molecule has 0 fully saturated rings. The number of carbonyl (C=O) groups excluding carboxylic acids is 1. The van der Waals surface area contributed by atoms with Crippen LogP contribution in [-0.2, 0) is 0 Å². The molecule has 0 saturated heterocycles. The Hall–Kier alpha value is -1.06. The van der Waals surface area contributed by atoms with Gasteiger partial charge in [-0.3, -0.25) is 4.79 Å². The molecule has 1 amide bonds. The molecule has 1 aromatic carbocycles. The highest BCUT2D eigenvalue weighted by Crippen LogP contribution is 2.17. The Bertz CT molecular complexity index is 391. The molecule has 0 aliphatic heterocycles. The minimum absolute atomic E-state index is 0.124. The first-order valence-corrected chi connectivity index (χ1v) is 6.16. The van der Waals surface area contributed by atoms with E-state index < -0.39 is 0 Å². The lowest BCUT2D eigenvalue weighted by atomic mass is 10.1. The largest absolute Gasteiger partial charge is 0.351 e. The first kappa shape index (κ1) is 14.0. The third kappa shape index (κ3) is 4.75. The first-order valence-electron chi connectivity index (χ1n) is 5.78. The van der Waals surface area contributed by atoms with Gasteiger partial charge < -0.3 is 10.6 Å². The summed E-state index contributed by atoms with van der Waals surface area (Å²) >= 11 is 6.01. The summed E-state index contributed by atoms with van der Waals surface area (Å²) in [5.74, 6) is -0.124. The second-order valence-electron chi connectivity index (χ2n) is 4.35. The van der Waals surface area contributed by atoms with E-state index in [4.69, 9.17) is 11.6 Å². The number of nitrogens with one attached hydrogen (secondary N) is 2. The van der Waals surface area contributed by atoms with Gasteiger partial charge in [0.1, 0.15) is 0 Å². The van der Waals surface area contributed by atoms with Crippen molar-refractivity contribution in [2.75, 3.05) is 13.1 Å². The Balaban J connectivity index is 2.47. The summed E-state index contributed by atoms with van der Waals surface area (Å²) in [6.45, 7) is 7.44. The van der Waals surface area contributed by atoms with E-state index in [0.29, 0.717) is 23.2 Å². The van der Waals surface area contributed by atoms with Crippen molar-refractivity contribution in [2.24, 2.45) is 0 Å². The zero-order valence-corrected chi connectivity index (χ0v) is 11.3. The molecule has 3 nitrogen and oxygen atoms in total. The molecule has 0 unspecified atom stereocenters. The summed E-state index contributed by atoms with van der Waals surface area (Å²) in [7, 11) is 0. The van der Waals surface area contributed by atoms with Gasteiger partial charge in [-0.25, -0.2) is 0 Å². The van der Waals surface area contributed by atoms with Crippen molar-refractivity contribution in [3.63, 3.8) is 0 Å². The van der Waals surface area contributed by atoms with Crippen molar-refractivity contribution in [1.29, 1.82) is 0 Å². The highest BCUT2D eigenvalue weighted by atomic mass is 35.5. The number of hydrogen-bond acceptors (Lipinski definition) is 2. The summed E-state index contributed by atoms with van der Waals surface area (Å²) in [4.78, 5) is 11.8. The van der Waals surface area contributed by atoms with Crippen LogP contribution in [0.25, 0.3) is 0 Å². The fraction of sp³-hybridized carbons (Fsp3) is 0.462. The number of halogens is 1. The maximum Gasteiger partial charge on any atom is 0.252 e. The molecule has 0 saturated carbocycles. The number of carbonyl (C=O) groups is 1. The minimum atomic E-state index is -0.124. The van der Waals surface area contributed by atoms with Crippen LogP contribution in [-0.4, -0.2) is 25.0 Å². The number of benzene rings is 1. The number of rotatable bonds is 5. The first-order chi connectivity index (χ1) is 8.00. The highest BCUT2D eigenvalue weighted by molar-refractivity contribution is 6.33. The Morgan fingerprint density at radius 2 is 2.06 bits per heavy atom. The summed E-state index contributed by atoms with van der Waals surface area (Å²) in [5, 5.41) is 6.56. The topological polar surface area (TPSA) is 41.1 Å². The van der Waals surface area contributed by atoms with E-state index in [2.05, 4.69) is 24.5 Å². The van der Waals surface area contributed by atoms with Crippen LogP contribution in [0.15, 0.2) is 18.2 Å². The Kier molecular flexibility index (Phi) is 5.45. The summed E-state index contributed by atoms with van der Waals surface area (Å²) < 4.78 is 0. The molecule has 0 aliphatic rings. The fourth-order valence-corrected chi connectivity index (χ4v) is 1.76. The minimum Gasteiger partial charge on any atom is -0.351 e. The second kappa shape index (κ2) is 6.62. The molecule has 0 bridgehead atoms. The number of aryl methyl sites for hydroxylation is 1. The van der Waals surface area contributed by atoms with Gasteiger partial charge in [-0.05, 0) is 24.6 Å². The van der Waals surface area contributed by atoms with Crippen LogP contribution in [0.2, 0.25) is 5.02 Å². The van der Waals surface area contributed by atoms with Crippen molar-refractivity contribution >= 4 is 17.5 Å². The van der Waals surface area contributed by atoms with Crippen LogP contribution in [0.5, 0.6) is 0 Å². The average Bonchev–Trinajstić information content (AvgIpc) is 2.23. The Labute approximate surface area is 108 Å². The molecule has 0 atom stereocenters. The molecule has 0 heterocycles. The lowest BCUT2D eigenvalue weighted by molar-refractivity contribution is 0.0954. The van der Waals surface area contributed by atoms with E-state index in [0.717, 1.165) is 12.1 Å². The van der Waals surface area contributed by atoms with Crippen LogP contribution >= 0.6 is 11.6 Å². The van der Waals surface area contributed by atoms with Gasteiger partial charge in [0.05, 0.1) is 10.6 Å². The van der Waals surface area contributed by atoms with Crippen molar-refractivity contribution < 1.29 is 4.79 Å². The van der Waals surface area contributed by atoms with Crippen molar-refractivity contribution in [3.8, 4) is 0 Å². The summed E-state index contributed by atoms with van der Waals surface area (Å²) in [5.41, 5.74) is 1.58. The molecular formula is C13H19ClN2O. The van der Waals surface area contributed by atoms with Gasteiger partial charge in [-0.2, -0.15) is 0 Å². The Morgan fingerprint density at radius 3 is 2.65 bits per heavy atom.